The first-order valence-corrected chi connectivity index (χ1v) is 21.2. The topological polar surface area (TPSA) is 77.9 Å². The zero-order valence-corrected chi connectivity index (χ0v) is 34.2. The van der Waals surface area contributed by atoms with E-state index in [4.69, 9.17) is 0 Å². The Labute approximate surface area is 315 Å². The first kappa shape index (κ1) is 38.1. The minimum atomic E-state index is -0.653. The number of amides is 1. The fourth-order valence-electron chi connectivity index (χ4n) is 14.2. The average molecular weight is 715 g/mol. The maximum Gasteiger partial charge on any atom is 0.306 e. The van der Waals surface area contributed by atoms with E-state index in [9.17, 15) is 19.5 Å². The number of fused-ring (bicyclic) bond motifs is 7. The number of likely N-dealkylation sites (N-methyl/N-ethyl adjacent to an activating group) is 1. The molecule has 7 rings (SSSR count). The van der Waals surface area contributed by atoms with Crippen LogP contribution in [0.1, 0.15) is 138 Å². The van der Waals surface area contributed by atoms with Crippen molar-refractivity contribution in [2.75, 3.05) is 33.7 Å². The molecule has 0 saturated heterocycles. The third-order valence-electron chi connectivity index (χ3n) is 17.1. The van der Waals surface area contributed by atoms with Crippen molar-refractivity contribution in [3.8, 4) is 0 Å². The molecule has 0 aromatic heterocycles. The molecule has 288 valence electrons. The number of carboxylic acid groups (broad SMARTS) is 1. The highest BCUT2D eigenvalue weighted by Gasteiger charge is 2.69. The van der Waals surface area contributed by atoms with Crippen LogP contribution in [-0.4, -0.2) is 66.3 Å². The second kappa shape index (κ2) is 13.2. The van der Waals surface area contributed by atoms with E-state index in [1.54, 1.807) is 0 Å². The van der Waals surface area contributed by atoms with Crippen LogP contribution in [0.4, 0.5) is 0 Å². The van der Waals surface area contributed by atoms with Gasteiger partial charge in [0.2, 0.25) is 5.91 Å². The van der Waals surface area contributed by atoms with E-state index in [0.717, 1.165) is 50.8 Å². The summed E-state index contributed by atoms with van der Waals surface area (Å²) in [6.07, 6.45) is 19.4. The Morgan fingerprint density at radius 2 is 1.63 bits per heavy atom. The maximum absolute atomic E-state index is 14.2. The Kier molecular flexibility index (Phi) is 9.69. The smallest absolute Gasteiger partial charge is 0.306 e. The van der Waals surface area contributed by atoms with Crippen molar-refractivity contribution in [3.05, 3.63) is 34.4 Å². The zero-order valence-electron chi connectivity index (χ0n) is 34.2. The number of ketones is 1. The summed E-state index contributed by atoms with van der Waals surface area (Å²) in [6.45, 7) is 19.5. The van der Waals surface area contributed by atoms with Crippen LogP contribution in [0, 0.1) is 62.6 Å². The Morgan fingerprint density at radius 3 is 2.25 bits per heavy atom. The normalized spacial score (nSPS) is 39.7. The quantitative estimate of drug-likeness (QED) is 0.244. The van der Waals surface area contributed by atoms with Gasteiger partial charge in [-0.3, -0.25) is 14.4 Å². The molecule has 4 saturated carbocycles. The minimum absolute atomic E-state index is 0.0528. The Balaban J connectivity index is 1.19. The van der Waals surface area contributed by atoms with Crippen molar-refractivity contribution in [2.24, 2.45) is 62.6 Å². The summed E-state index contributed by atoms with van der Waals surface area (Å²) in [7, 11) is 3.97. The number of Topliss-reactive ketones (excluding diaryl/α,β-unsaturated/α-hetero) is 1. The molecule has 0 aromatic carbocycles. The van der Waals surface area contributed by atoms with Gasteiger partial charge in [0.25, 0.3) is 0 Å². The largest absolute Gasteiger partial charge is 0.481 e. The Bertz CT molecular complexity index is 1580. The standard InChI is InChI=1S/C46H70N2O4/c1-29(2)39-35(49)26-46(24-25-48(27-30-10-11-30)38(50)28-47(8)9)23-22-44(6)34(40(39)46)16-17-37-43(5)20-18-33(31-12-14-32(15-13-31)41(51)52)42(3,4)36(43)19-21-45(37,44)7/h12,18,29-30,32,34,36-37H,10-11,13-17,19-28H2,1-9H3,(H,51,52)/t32?,34?,36?,37?,43?,44-,45?,46-/m1/s1. The molecular weight excluding hydrogens is 645 g/mol. The number of carbonyl (C=O) groups excluding carboxylic acids is 2. The summed E-state index contributed by atoms with van der Waals surface area (Å²) in [5.74, 6) is 2.26. The molecule has 6 nitrogen and oxygen atoms in total. The molecule has 7 aliphatic rings. The number of rotatable bonds is 10. The molecule has 6 heteroatoms. The number of aliphatic carboxylic acids is 1. The summed E-state index contributed by atoms with van der Waals surface area (Å²) in [6, 6.07) is 0. The molecule has 1 amide bonds. The van der Waals surface area contributed by atoms with E-state index < -0.39 is 5.97 Å². The molecule has 7 aliphatic carbocycles. The lowest BCUT2D eigenvalue weighted by atomic mass is 9.33. The monoisotopic (exact) mass is 715 g/mol. The molecule has 0 aromatic rings. The number of carboxylic acids is 1. The van der Waals surface area contributed by atoms with Crippen LogP contribution in [0.25, 0.3) is 0 Å². The van der Waals surface area contributed by atoms with E-state index >= 15 is 0 Å². The van der Waals surface area contributed by atoms with Crippen LogP contribution < -0.4 is 0 Å². The van der Waals surface area contributed by atoms with Gasteiger partial charge in [-0.15, -0.1) is 0 Å². The first-order chi connectivity index (χ1) is 24.4. The SMILES string of the molecule is CC(C)C1=C2C3CCC4C5(C)CC=C(C6=CCC(C(=O)O)CC6)C(C)(C)C5CCC4(C)[C@]3(C)CC[C@@]2(CCN(CC2CC2)C(=O)CN(C)C)CC1=O. The van der Waals surface area contributed by atoms with Gasteiger partial charge in [-0.05, 0) is 166 Å². The van der Waals surface area contributed by atoms with Gasteiger partial charge in [0.05, 0.1) is 12.5 Å². The molecule has 0 bridgehead atoms. The van der Waals surface area contributed by atoms with Gasteiger partial charge < -0.3 is 14.9 Å². The minimum Gasteiger partial charge on any atom is -0.481 e. The van der Waals surface area contributed by atoms with Gasteiger partial charge in [0.15, 0.2) is 5.78 Å². The number of nitrogens with zero attached hydrogens (tertiary/aromatic N) is 2. The van der Waals surface area contributed by atoms with Crippen molar-refractivity contribution in [2.45, 2.75) is 138 Å². The lowest BCUT2D eigenvalue weighted by molar-refractivity contribution is -0.199. The number of allylic oxidation sites excluding steroid dienone is 6. The number of hydrogen-bond donors (Lipinski definition) is 1. The highest BCUT2D eigenvalue weighted by molar-refractivity contribution is 6.00. The average Bonchev–Trinajstić information content (AvgIpc) is 3.83. The number of carbonyl (C=O) groups is 3. The third kappa shape index (κ3) is 5.93. The van der Waals surface area contributed by atoms with Crippen molar-refractivity contribution in [3.63, 3.8) is 0 Å². The maximum atomic E-state index is 14.2. The van der Waals surface area contributed by atoms with E-state index in [2.05, 4.69) is 65.5 Å². The van der Waals surface area contributed by atoms with Gasteiger partial charge in [-0.25, -0.2) is 0 Å². The molecule has 8 atom stereocenters. The van der Waals surface area contributed by atoms with Crippen molar-refractivity contribution in [1.29, 1.82) is 0 Å². The fraction of sp³-hybridized carbons (Fsp3) is 0.804. The van der Waals surface area contributed by atoms with E-state index in [-0.39, 0.29) is 44.8 Å². The van der Waals surface area contributed by atoms with Gasteiger partial charge in [-0.1, -0.05) is 66.2 Å². The second-order valence-corrected chi connectivity index (χ2v) is 20.8. The van der Waals surface area contributed by atoms with E-state index in [1.165, 1.54) is 61.7 Å². The predicted molar refractivity (Wildman–Crippen MR) is 208 cm³/mol. The summed E-state index contributed by atoms with van der Waals surface area (Å²) in [5, 5.41) is 9.63. The van der Waals surface area contributed by atoms with Crippen LogP contribution in [0.3, 0.4) is 0 Å². The van der Waals surface area contributed by atoms with Gasteiger partial charge in [0.1, 0.15) is 0 Å². The lowest BCUT2D eigenvalue weighted by Crippen LogP contribution is -2.64. The fourth-order valence-corrected chi connectivity index (χ4v) is 14.2. The van der Waals surface area contributed by atoms with Crippen LogP contribution in [0.5, 0.6) is 0 Å². The van der Waals surface area contributed by atoms with Crippen LogP contribution in [-0.2, 0) is 14.4 Å². The van der Waals surface area contributed by atoms with Crippen molar-refractivity contribution in [1.82, 2.24) is 9.80 Å². The molecule has 0 spiro atoms. The molecule has 1 N–H and O–H groups in total. The van der Waals surface area contributed by atoms with Gasteiger partial charge in [-0.2, -0.15) is 0 Å². The molecule has 0 heterocycles. The first-order valence-electron chi connectivity index (χ1n) is 21.2. The predicted octanol–water partition coefficient (Wildman–Crippen LogP) is 9.50. The Hall–Kier alpha value is -2.21. The molecule has 4 fully saturated rings. The highest BCUT2D eigenvalue weighted by Crippen LogP contribution is 2.77. The second-order valence-electron chi connectivity index (χ2n) is 20.8. The zero-order chi connectivity index (χ0) is 37.6. The summed E-state index contributed by atoms with van der Waals surface area (Å²) in [4.78, 5) is 43.6. The van der Waals surface area contributed by atoms with Crippen LogP contribution in [0.15, 0.2) is 34.4 Å². The molecule has 0 aliphatic heterocycles. The van der Waals surface area contributed by atoms with Crippen molar-refractivity contribution >= 4 is 17.7 Å². The highest BCUT2D eigenvalue weighted by atomic mass is 16.4. The van der Waals surface area contributed by atoms with E-state index in [1.807, 2.05) is 19.0 Å². The molecule has 0 radical (unpaired) electrons. The van der Waals surface area contributed by atoms with Crippen LogP contribution >= 0.6 is 0 Å². The Morgan fingerprint density at radius 1 is 0.904 bits per heavy atom. The van der Waals surface area contributed by atoms with Crippen LogP contribution in [0.2, 0.25) is 0 Å². The molecule has 52 heavy (non-hydrogen) atoms. The molecular formula is C46H70N2O4. The number of hydrogen-bond acceptors (Lipinski definition) is 4. The third-order valence-corrected chi connectivity index (χ3v) is 17.1. The van der Waals surface area contributed by atoms with Crippen molar-refractivity contribution < 1.29 is 19.5 Å². The van der Waals surface area contributed by atoms with Gasteiger partial charge >= 0.3 is 5.97 Å². The van der Waals surface area contributed by atoms with E-state index in [0.29, 0.717) is 48.8 Å². The summed E-state index contributed by atoms with van der Waals surface area (Å²) in [5.41, 5.74) is 6.08. The lowest BCUT2D eigenvalue weighted by Gasteiger charge is -2.71. The van der Waals surface area contributed by atoms with Gasteiger partial charge in [0, 0.05) is 24.9 Å². The molecule has 6 unspecified atom stereocenters. The summed E-state index contributed by atoms with van der Waals surface area (Å²) >= 11 is 0. The summed E-state index contributed by atoms with van der Waals surface area (Å²) < 4.78 is 0.